The van der Waals surface area contributed by atoms with E-state index in [0.29, 0.717) is 0 Å². The third-order valence-electron chi connectivity index (χ3n) is 0. The molecule has 0 aliphatic heterocycles. The van der Waals surface area contributed by atoms with Gasteiger partial charge in [-0.3, -0.25) is 0 Å². The molecule has 0 spiro atoms. The van der Waals surface area contributed by atoms with Crippen molar-refractivity contribution in [3.8, 4) is 0 Å². The third-order valence-corrected chi connectivity index (χ3v) is 0. The molecule has 0 rings (SSSR count). The van der Waals surface area contributed by atoms with Gasteiger partial charge in [-0.15, -0.1) is 0 Å². The molecule has 0 fully saturated rings. The second-order valence-electron chi connectivity index (χ2n) is 1.21. The van der Waals surface area contributed by atoms with Gasteiger partial charge in [0.15, 0.2) is 0 Å². The zero-order chi connectivity index (χ0) is 11.7. The number of aliphatic hydroxyl groups excluding tert-OH is 1. The Labute approximate surface area is 101 Å². The molecule has 84 valence electrons. The summed E-state index contributed by atoms with van der Waals surface area (Å²) < 4.78 is 17.8. The average molecular weight is 264 g/mol. The summed E-state index contributed by atoms with van der Waals surface area (Å²) in [5.41, 5.74) is 0. The Kier molecular flexibility index (Phi) is 20.4. The Morgan fingerprint density at radius 3 is 0.857 bits per heavy atom. The normalized spacial score (nSPS) is 9.29. The van der Waals surface area contributed by atoms with Crippen molar-refractivity contribution in [3.05, 3.63) is 12.8 Å². The zero-order valence-electron chi connectivity index (χ0n) is 6.13. The van der Waals surface area contributed by atoms with Crippen LogP contribution in [0.15, 0.2) is 12.8 Å². The van der Waals surface area contributed by atoms with E-state index in [4.69, 9.17) is 43.6 Å². The van der Waals surface area contributed by atoms with Crippen molar-refractivity contribution in [1.82, 2.24) is 0 Å². The van der Waals surface area contributed by atoms with Crippen LogP contribution in [-0.2, 0) is 9.13 Å². The van der Waals surface area contributed by atoms with E-state index in [9.17, 15) is 0 Å². The van der Waals surface area contributed by atoms with Crippen LogP contribution in [0, 0.1) is 0 Å². The Hall–Kier alpha value is 0.760. The molecule has 0 aliphatic rings. The standard InChI is InChI=1S/C2H4O.Na.2H3O4P.H/c1-2-3;;2*1-5(2,3)4;/h2-3H,1H2;;2*(H3,1,2,3,4);. The first-order chi connectivity index (χ1) is 5.41. The zero-order valence-corrected chi connectivity index (χ0v) is 7.91. The summed E-state index contributed by atoms with van der Waals surface area (Å²) in [4.78, 5) is 43.1. The average Bonchev–Trinajstić information content (AvgIpc) is 1.52. The van der Waals surface area contributed by atoms with E-state index in [-0.39, 0.29) is 29.6 Å². The minimum absolute atomic E-state index is 0. The number of aliphatic hydroxyl groups is 1. The summed E-state index contributed by atoms with van der Waals surface area (Å²) >= 11 is 0. The van der Waals surface area contributed by atoms with Crippen molar-refractivity contribution in [1.29, 1.82) is 0 Å². The van der Waals surface area contributed by atoms with Gasteiger partial charge >= 0.3 is 45.2 Å². The number of rotatable bonds is 0. The molecule has 0 saturated carbocycles. The van der Waals surface area contributed by atoms with E-state index in [2.05, 4.69) is 6.58 Å². The molecule has 0 atom stereocenters. The Morgan fingerprint density at radius 1 is 0.857 bits per heavy atom. The molecule has 7 N–H and O–H groups in total. The predicted molar refractivity (Wildman–Crippen MR) is 48.5 cm³/mol. The van der Waals surface area contributed by atoms with Gasteiger partial charge < -0.3 is 34.5 Å². The van der Waals surface area contributed by atoms with Gasteiger partial charge in [-0.1, -0.05) is 6.58 Å². The van der Waals surface area contributed by atoms with Gasteiger partial charge in [0.1, 0.15) is 0 Å². The van der Waals surface area contributed by atoms with Gasteiger partial charge in [-0.25, -0.2) is 9.13 Å². The van der Waals surface area contributed by atoms with Crippen LogP contribution in [0.1, 0.15) is 0 Å². The van der Waals surface area contributed by atoms with Gasteiger partial charge in [-0.05, 0) is 0 Å². The molecule has 9 nitrogen and oxygen atoms in total. The number of hydrogen-bond donors (Lipinski definition) is 7. The second-order valence-corrected chi connectivity index (χ2v) is 3.26. The van der Waals surface area contributed by atoms with E-state index in [1.54, 1.807) is 0 Å². The fraction of sp³-hybridized carbons (Fsp3) is 0. The molecule has 0 aliphatic carbocycles. The summed E-state index contributed by atoms with van der Waals surface area (Å²) in [6, 6.07) is 0. The molecule has 0 saturated heterocycles. The van der Waals surface area contributed by atoms with Crippen molar-refractivity contribution in [3.63, 3.8) is 0 Å². The summed E-state index contributed by atoms with van der Waals surface area (Å²) in [7, 11) is -9.28. The van der Waals surface area contributed by atoms with Gasteiger partial charge in [0, 0.05) is 0 Å². The molecule has 0 radical (unpaired) electrons. The number of phosphoric acid groups is 2. The van der Waals surface area contributed by atoms with Crippen molar-refractivity contribution < 1.29 is 43.6 Å². The SMILES string of the molecule is C=CO.O=P(O)(O)O.O=P(O)(O)O.[NaH]. The van der Waals surface area contributed by atoms with Crippen LogP contribution < -0.4 is 0 Å². The summed E-state index contributed by atoms with van der Waals surface area (Å²) in [6.45, 7) is 2.92. The monoisotopic (exact) mass is 264 g/mol. The molecular weight excluding hydrogens is 253 g/mol. The van der Waals surface area contributed by atoms with Crippen LogP contribution >= 0.6 is 15.6 Å². The maximum atomic E-state index is 8.88. The molecule has 0 amide bonds. The number of hydrogen-bond acceptors (Lipinski definition) is 3. The predicted octanol–water partition coefficient (Wildman–Crippen LogP) is -1.82. The first-order valence-electron chi connectivity index (χ1n) is 2.23. The van der Waals surface area contributed by atoms with Crippen molar-refractivity contribution in [2.45, 2.75) is 0 Å². The van der Waals surface area contributed by atoms with E-state index in [1.807, 2.05) is 0 Å². The second kappa shape index (κ2) is 11.8. The summed E-state index contributed by atoms with van der Waals surface area (Å²) in [5.74, 6) is 0. The van der Waals surface area contributed by atoms with Gasteiger partial charge in [0.05, 0.1) is 6.26 Å². The summed E-state index contributed by atoms with van der Waals surface area (Å²) in [5, 5.41) is 7.33. The molecule has 12 heteroatoms. The molecule has 0 unspecified atom stereocenters. The van der Waals surface area contributed by atoms with Crippen LogP contribution in [0.2, 0.25) is 0 Å². The molecule has 0 aromatic heterocycles. The minimum atomic E-state index is -4.64. The van der Waals surface area contributed by atoms with Crippen LogP contribution in [0.25, 0.3) is 0 Å². The maximum absolute atomic E-state index is 8.88. The van der Waals surface area contributed by atoms with Crippen LogP contribution in [0.4, 0.5) is 0 Å². The van der Waals surface area contributed by atoms with Gasteiger partial charge in [0.2, 0.25) is 0 Å². The molecule has 0 aromatic carbocycles. The molecular formula is C2H11NaO9P2. The van der Waals surface area contributed by atoms with E-state index < -0.39 is 15.6 Å². The first kappa shape index (κ1) is 24.1. The topological polar surface area (TPSA) is 176 Å². The molecule has 0 heterocycles. The Bertz CT molecular complexity index is 166. The van der Waals surface area contributed by atoms with Crippen molar-refractivity contribution in [2.24, 2.45) is 0 Å². The Balaban J connectivity index is -0.0000000535. The van der Waals surface area contributed by atoms with Crippen molar-refractivity contribution >= 4 is 45.2 Å². The van der Waals surface area contributed by atoms with E-state index >= 15 is 0 Å². The van der Waals surface area contributed by atoms with Crippen LogP contribution in [0.3, 0.4) is 0 Å². The first-order valence-corrected chi connectivity index (χ1v) is 5.36. The van der Waals surface area contributed by atoms with Crippen LogP contribution in [0.5, 0.6) is 0 Å². The van der Waals surface area contributed by atoms with Gasteiger partial charge in [0.25, 0.3) is 0 Å². The quantitative estimate of drug-likeness (QED) is 0.151. The Morgan fingerprint density at radius 2 is 0.857 bits per heavy atom. The van der Waals surface area contributed by atoms with E-state index in [1.165, 1.54) is 0 Å². The van der Waals surface area contributed by atoms with E-state index in [0.717, 1.165) is 6.26 Å². The van der Waals surface area contributed by atoms with Crippen LogP contribution in [-0.4, -0.2) is 64.0 Å². The third kappa shape index (κ3) is 3060. The molecule has 14 heavy (non-hydrogen) atoms. The summed E-state index contributed by atoms with van der Waals surface area (Å²) in [6.07, 6.45) is 0.750. The van der Waals surface area contributed by atoms with Crippen molar-refractivity contribution in [2.75, 3.05) is 0 Å². The van der Waals surface area contributed by atoms with Gasteiger partial charge in [-0.2, -0.15) is 0 Å². The molecule has 0 aromatic rings. The fourth-order valence-corrected chi connectivity index (χ4v) is 0. The molecule has 0 bridgehead atoms. The fourth-order valence-electron chi connectivity index (χ4n) is 0.